The molecule has 0 radical (unpaired) electrons. The molecular formula is C18H18N4. The molecule has 0 aliphatic rings. The van der Waals surface area contributed by atoms with E-state index in [1.165, 1.54) is 0 Å². The van der Waals surface area contributed by atoms with Crippen LogP contribution in [-0.4, -0.2) is 14.6 Å². The second-order valence-electron chi connectivity index (χ2n) is 6.30. The van der Waals surface area contributed by atoms with Gasteiger partial charge in [-0.3, -0.25) is 0 Å². The van der Waals surface area contributed by atoms with E-state index in [4.69, 9.17) is 5.73 Å². The number of aromatic nitrogens is 3. The van der Waals surface area contributed by atoms with Crippen LogP contribution in [0.25, 0.3) is 5.65 Å². The van der Waals surface area contributed by atoms with E-state index in [2.05, 4.69) is 42.7 Å². The predicted octanol–water partition coefficient (Wildman–Crippen LogP) is 3.01. The number of anilines is 1. The first-order valence-electron chi connectivity index (χ1n) is 7.15. The molecule has 3 rings (SSSR count). The fourth-order valence-corrected chi connectivity index (χ4v) is 2.02. The fourth-order valence-electron chi connectivity index (χ4n) is 2.02. The van der Waals surface area contributed by atoms with Crippen LogP contribution in [0, 0.1) is 11.8 Å². The summed E-state index contributed by atoms with van der Waals surface area (Å²) in [6, 6.07) is 9.50. The average molecular weight is 290 g/mol. The van der Waals surface area contributed by atoms with Gasteiger partial charge in [-0.2, -0.15) is 5.10 Å². The molecule has 0 unspecified atom stereocenters. The maximum absolute atomic E-state index is 5.66. The van der Waals surface area contributed by atoms with Gasteiger partial charge < -0.3 is 5.73 Å². The molecular weight excluding hydrogens is 272 g/mol. The number of nitrogens with zero attached hydrogens (tertiary/aromatic N) is 3. The molecule has 0 aliphatic carbocycles. The van der Waals surface area contributed by atoms with Crippen molar-refractivity contribution >= 4 is 11.3 Å². The number of nitrogen functional groups attached to an aromatic ring is 1. The molecule has 0 atom stereocenters. The van der Waals surface area contributed by atoms with Crippen molar-refractivity contribution < 1.29 is 0 Å². The van der Waals surface area contributed by atoms with Crippen LogP contribution in [0.2, 0.25) is 0 Å². The monoisotopic (exact) mass is 290 g/mol. The summed E-state index contributed by atoms with van der Waals surface area (Å²) in [4.78, 5) is 4.42. The molecule has 2 aromatic heterocycles. The van der Waals surface area contributed by atoms with Gasteiger partial charge in [-0.1, -0.05) is 32.6 Å². The molecule has 0 aliphatic heterocycles. The number of nitrogens with two attached hydrogens (primary N) is 1. The number of hydrogen-bond acceptors (Lipinski definition) is 3. The summed E-state index contributed by atoms with van der Waals surface area (Å²) in [5.74, 6) is 6.21. The Kier molecular flexibility index (Phi) is 3.34. The van der Waals surface area contributed by atoms with Gasteiger partial charge in [0, 0.05) is 35.1 Å². The van der Waals surface area contributed by atoms with Gasteiger partial charge in [0.15, 0.2) is 5.65 Å². The van der Waals surface area contributed by atoms with Crippen LogP contribution < -0.4 is 5.73 Å². The van der Waals surface area contributed by atoms with E-state index in [0.717, 1.165) is 28.2 Å². The molecule has 4 heteroatoms. The summed E-state index contributed by atoms with van der Waals surface area (Å²) in [6.07, 6.45) is 3.68. The zero-order valence-electron chi connectivity index (χ0n) is 13.0. The highest BCUT2D eigenvalue weighted by Gasteiger charge is 2.17. The van der Waals surface area contributed by atoms with Gasteiger partial charge in [0.1, 0.15) is 0 Å². The number of benzene rings is 1. The first-order valence-corrected chi connectivity index (χ1v) is 7.15. The van der Waals surface area contributed by atoms with Crippen LogP contribution in [0.5, 0.6) is 0 Å². The predicted molar refractivity (Wildman–Crippen MR) is 88.5 cm³/mol. The highest BCUT2D eigenvalue weighted by Crippen LogP contribution is 2.21. The summed E-state index contributed by atoms with van der Waals surface area (Å²) in [6.45, 7) is 6.41. The minimum Gasteiger partial charge on any atom is -0.399 e. The van der Waals surface area contributed by atoms with Gasteiger partial charge in [0.2, 0.25) is 0 Å². The molecule has 0 spiro atoms. The van der Waals surface area contributed by atoms with Gasteiger partial charge >= 0.3 is 0 Å². The Bertz CT molecular complexity index is 871. The van der Waals surface area contributed by atoms with E-state index in [1.807, 2.05) is 36.5 Å². The van der Waals surface area contributed by atoms with Crippen molar-refractivity contribution in [3.63, 3.8) is 0 Å². The molecule has 2 heterocycles. The van der Waals surface area contributed by atoms with Gasteiger partial charge in [-0.15, -0.1) is 0 Å². The summed E-state index contributed by atoms with van der Waals surface area (Å²) >= 11 is 0. The Morgan fingerprint density at radius 2 is 1.73 bits per heavy atom. The lowest BCUT2D eigenvalue weighted by Crippen LogP contribution is -2.11. The normalized spacial score (nSPS) is 11.2. The van der Waals surface area contributed by atoms with E-state index in [-0.39, 0.29) is 5.41 Å². The SMILES string of the molecule is CC(C)(C)c1cc2ncc(C#Cc3ccc(N)cc3)cn2n1. The van der Waals surface area contributed by atoms with Crippen LogP contribution in [0.15, 0.2) is 42.7 Å². The first-order chi connectivity index (χ1) is 10.4. The zero-order valence-corrected chi connectivity index (χ0v) is 13.0. The molecule has 0 saturated carbocycles. The third-order valence-corrected chi connectivity index (χ3v) is 3.34. The Morgan fingerprint density at radius 1 is 1.05 bits per heavy atom. The van der Waals surface area contributed by atoms with Crippen LogP contribution >= 0.6 is 0 Å². The van der Waals surface area contributed by atoms with Crippen molar-refractivity contribution in [3.8, 4) is 11.8 Å². The Hall–Kier alpha value is -2.80. The topological polar surface area (TPSA) is 56.2 Å². The minimum atomic E-state index is 0.00348. The van der Waals surface area contributed by atoms with Crippen LogP contribution in [-0.2, 0) is 5.41 Å². The Balaban J connectivity index is 1.94. The summed E-state index contributed by atoms with van der Waals surface area (Å²) in [7, 11) is 0. The van der Waals surface area contributed by atoms with Crippen molar-refractivity contribution in [1.82, 2.24) is 14.6 Å². The molecule has 0 bridgehead atoms. The highest BCUT2D eigenvalue weighted by molar-refractivity contribution is 5.48. The van der Waals surface area contributed by atoms with Gasteiger partial charge in [0.05, 0.1) is 11.3 Å². The number of rotatable bonds is 0. The highest BCUT2D eigenvalue weighted by atomic mass is 15.2. The standard InChI is InChI=1S/C18H18N4/c1-18(2,3)16-10-17-20-11-14(12-22(17)21-16)5-4-13-6-8-15(19)9-7-13/h6-12H,19H2,1-3H3. The van der Waals surface area contributed by atoms with Gasteiger partial charge in [-0.05, 0) is 24.3 Å². The molecule has 3 aromatic rings. The van der Waals surface area contributed by atoms with Crippen LogP contribution in [0.1, 0.15) is 37.6 Å². The second kappa shape index (κ2) is 5.19. The van der Waals surface area contributed by atoms with Gasteiger partial charge in [0.25, 0.3) is 0 Å². The number of hydrogen-bond donors (Lipinski definition) is 1. The lowest BCUT2D eigenvalue weighted by Gasteiger charge is -2.13. The molecule has 2 N–H and O–H groups in total. The minimum absolute atomic E-state index is 0.00348. The largest absolute Gasteiger partial charge is 0.399 e. The molecule has 1 aromatic carbocycles. The third-order valence-electron chi connectivity index (χ3n) is 3.34. The molecule has 22 heavy (non-hydrogen) atoms. The van der Waals surface area contributed by atoms with E-state index in [9.17, 15) is 0 Å². The van der Waals surface area contributed by atoms with Crippen LogP contribution in [0.4, 0.5) is 5.69 Å². The quantitative estimate of drug-likeness (QED) is 0.511. The maximum atomic E-state index is 5.66. The van der Waals surface area contributed by atoms with E-state index >= 15 is 0 Å². The fraction of sp³-hybridized carbons (Fsp3) is 0.222. The van der Waals surface area contributed by atoms with E-state index in [0.29, 0.717) is 0 Å². The van der Waals surface area contributed by atoms with Crippen molar-refractivity contribution in [1.29, 1.82) is 0 Å². The van der Waals surface area contributed by atoms with Crippen molar-refractivity contribution in [2.24, 2.45) is 0 Å². The molecule has 0 fully saturated rings. The number of fused-ring (bicyclic) bond motifs is 1. The first kappa shape index (κ1) is 14.2. The lowest BCUT2D eigenvalue weighted by molar-refractivity contribution is 0.562. The summed E-state index contributed by atoms with van der Waals surface area (Å²) in [5, 5.41) is 4.58. The van der Waals surface area contributed by atoms with E-state index < -0.39 is 0 Å². The Labute approximate surface area is 130 Å². The van der Waals surface area contributed by atoms with Crippen molar-refractivity contribution in [3.05, 3.63) is 59.5 Å². The summed E-state index contributed by atoms with van der Waals surface area (Å²) < 4.78 is 1.79. The van der Waals surface area contributed by atoms with Crippen molar-refractivity contribution in [2.45, 2.75) is 26.2 Å². The molecule has 0 amide bonds. The lowest BCUT2D eigenvalue weighted by atomic mass is 9.93. The third kappa shape index (κ3) is 2.94. The van der Waals surface area contributed by atoms with Gasteiger partial charge in [-0.25, -0.2) is 9.50 Å². The van der Waals surface area contributed by atoms with Crippen LogP contribution in [0.3, 0.4) is 0 Å². The zero-order chi connectivity index (χ0) is 15.7. The molecule has 0 saturated heterocycles. The summed E-state index contributed by atoms with van der Waals surface area (Å²) in [5.41, 5.74) is 10.0. The van der Waals surface area contributed by atoms with E-state index in [1.54, 1.807) is 10.7 Å². The molecule has 4 nitrogen and oxygen atoms in total. The maximum Gasteiger partial charge on any atom is 0.155 e. The Morgan fingerprint density at radius 3 is 2.41 bits per heavy atom. The smallest absolute Gasteiger partial charge is 0.155 e. The molecule has 110 valence electrons. The average Bonchev–Trinajstić information content (AvgIpc) is 2.90. The van der Waals surface area contributed by atoms with Crippen molar-refractivity contribution in [2.75, 3.05) is 5.73 Å². The second-order valence-corrected chi connectivity index (χ2v) is 6.30.